The molecular formula is C21H21N3O5. The average molecular weight is 395 g/mol. The van der Waals surface area contributed by atoms with Crippen LogP contribution < -0.4 is 9.64 Å². The Balaban J connectivity index is 1.72. The minimum absolute atomic E-state index is 0.234. The summed E-state index contributed by atoms with van der Waals surface area (Å²) < 4.78 is 5.05. The number of urea groups is 1. The summed E-state index contributed by atoms with van der Waals surface area (Å²) in [5, 5.41) is 0. The zero-order valence-electron chi connectivity index (χ0n) is 16.4. The first-order valence-electron chi connectivity index (χ1n) is 8.96. The van der Waals surface area contributed by atoms with Crippen LogP contribution in [-0.4, -0.2) is 54.3 Å². The van der Waals surface area contributed by atoms with E-state index < -0.39 is 30.3 Å². The van der Waals surface area contributed by atoms with E-state index in [0.717, 1.165) is 16.0 Å². The molecule has 8 nitrogen and oxygen atoms in total. The van der Waals surface area contributed by atoms with Crippen molar-refractivity contribution >= 4 is 29.4 Å². The van der Waals surface area contributed by atoms with E-state index in [9.17, 15) is 19.2 Å². The molecule has 3 rings (SSSR count). The van der Waals surface area contributed by atoms with Crippen molar-refractivity contribution in [3.63, 3.8) is 0 Å². The maximum atomic E-state index is 12.7. The minimum atomic E-state index is -1.02. The minimum Gasteiger partial charge on any atom is -0.497 e. The number of likely N-dealkylation sites (N-methyl/N-ethyl adjacent to an activating group) is 1. The molecule has 0 aromatic heterocycles. The number of methoxy groups -OCH3 is 1. The van der Waals surface area contributed by atoms with E-state index in [1.54, 1.807) is 19.2 Å². The molecule has 0 bridgehead atoms. The van der Waals surface area contributed by atoms with Gasteiger partial charge in [-0.2, -0.15) is 0 Å². The van der Waals surface area contributed by atoms with Crippen LogP contribution in [0.4, 0.5) is 10.5 Å². The summed E-state index contributed by atoms with van der Waals surface area (Å²) in [6, 6.07) is 12.9. The first-order valence-corrected chi connectivity index (χ1v) is 8.96. The highest BCUT2D eigenvalue weighted by Crippen LogP contribution is 2.24. The van der Waals surface area contributed by atoms with Gasteiger partial charge in [0.15, 0.2) is 0 Å². The van der Waals surface area contributed by atoms with Crippen LogP contribution in [0.25, 0.3) is 0 Å². The fourth-order valence-corrected chi connectivity index (χ4v) is 2.99. The lowest BCUT2D eigenvalue weighted by Crippen LogP contribution is -2.42. The van der Waals surface area contributed by atoms with Gasteiger partial charge in [0.2, 0.25) is 5.91 Å². The number of carbonyl (C=O) groups is 4. The van der Waals surface area contributed by atoms with E-state index in [4.69, 9.17) is 4.74 Å². The largest absolute Gasteiger partial charge is 0.497 e. The summed E-state index contributed by atoms with van der Waals surface area (Å²) >= 11 is 0. The summed E-state index contributed by atoms with van der Waals surface area (Å²) in [7, 11) is 3.08. The number of hydrogen-bond donors (Lipinski definition) is 0. The molecule has 1 aliphatic rings. The maximum absolute atomic E-state index is 12.7. The second kappa shape index (κ2) is 8.14. The summed E-state index contributed by atoms with van der Waals surface area (Å²) in [5.74, 6) is -1.92. The van der Waals surface area contributed by atoms with Crippen LogP contribution in [0.2, 0.25) is 0 Å². The molecule has 1 aliphatic heterocycles. The van der Waals surface area contributed by atoms with E-state index in [0.29, 0.717) is 17.2 Å². The molecule has 150 valence electrons. The van der Waals surface area contributed by atoms with Crippen LogP contribution in [0.1, 0.15) is 11.1 Å². The fourth-order valence-electron chi connectivity index (χ4n) is 2.99. The summed E-state index contributed by atoms with van der Waals surface area (Å²) in [6.45, 7) is 1.77. The molecule has 5 amide bonds. The molecule has 29 heavy (non-hydrogen) atoms. The average Bonchev–Trinajstić information content (AvgIpc) is 2.93. The number of ether oxygens (including phenoxy) is 1. The number of amides is 5. The molecular weight excluding hydrogens is 374 g/mol. The second-order valence-electron chi connectivity index (χ2n) is 6.69. The monoisotopic (exact) mass is 395 g/mol. The highest BCUT2D eigenvalue weighted by molar-refractivity contribution is 6.53. The maximum Gasteiger partial charge on any atom is 0.339 e. The van der Waals surface area contributed by atoms with Crippen LogP contribution in [0, 0.1) is 6.92 Å². The Hall–Kier alpha value is -3.68. The van der Waals surface area contributed by atoms with E-state index in [2.05, 4.69) is 0 Å². The van der Waals surface area contributed by atoms with Gasteiger partial charge >= 0.3 is 17.8 Å². The van der Waals surface area contributed by atoms with Crippen LogP contribution in [0.3, 0.4) is 0 Å². The van der Waals surface area contributed by atoms with Gasteiger partial charge in [-0.05, 0) is 42.3 Å². The van der Waals surface area contributed by atoms with Crippen LogP contribution >= 0.6 is 0 Å². The Bertz CT molecular complexity index is 971. The molecule has 0 N–H and O–H groups in total. The van der Waals surface area contributed by atoms with Gasteiger partial charge in [-0.15, -0.1) is 0 Å². The number of carbonyl (C=O) groups excluding carboxylic acids is 4. The second-order valence-corrected chi connectivity index (χ2v) is 6.69. The Labute approximate surface area is 168 Å². The molecule has 0 saturated carbocycles. The van der Waals surface area contributed by atoms with Gasteiger partial charge in [-0.3, -0.25) is 14.4 Å². The Morgan fingerprint density at radius 2 is 1.66 bits per heavy atom. The highest BCUT2D eigenvalue weighted by Gasteiger charge is 2.46. The lowest BCUT2D eigenvalue weighted by Gasteiger charge is -2.21. The van der Waals surface area contributed by atoms with Gasteiger partial charge in [-0.25, -0.2) is 14.6 Å². The van der Waals surface area contributed by atoms with Gasteiger partial charge in [0.05, 0.1) is 12.8 Å². The Morgan fingerprint density at radius 1 is 1.00 bits per heavy atom. The highest BCUT2D eigenvalue weighted by atomic mass is 16.5. The van der Waals surface area contributed by atoms with Gasteiger partial charge in [0.25, 0.3) is 0 Å². The summed E-state index contributed by atoms with van der Waals surface area (Å²) in [6.07, 6.45) is 0. The topological polar surface area (TPSA) is 87.2 Å². The van der Waals surface area contributed by atoms with Crippen LogP contribution in [0.15, 0.2) is 48.5 Å². The third-order valence-electron chi connectivity index (χ3n) is 4.77. The predicted octanol–water partition coefficient (Wildman–Crippen LogP) is 1.96. The number of benzene rings is 2. The third-order valence-corrected chi connectivity index (χ3v) is 4.77. The van der Waals surface area contributed by atoms with Crippen molar-refractivity contribution in [3.8, 4) is 5.75 Å². The molecule has 2 aromatic rings. The first kappa shape index (κ1) is 20.1. The first-order chi connectivity index (χ1) is 13.8. The molecule has 1 fully saturated rings. The van der Waals surface area contributed by atoms with Crippen LogP contribution in [-0.2, 0) is 20.9 Å². The molecule has 0 radical (unpaired) electrons. The number of nitrogens with zero attached hydrogens (tertiary/aromatic N) is 3. The lowest BCUT2D eigenvalue weighted by molar-refractivity contribution is -0.142. The van der Waals surface area contributed by atoms with Crippen molar-refractivity contribution in [2.75, 3.05) is 25.6 Å². The van der Waals surface area contributed by atoms with Gasteiger partial charge < -0.3 is 9.64 Å². The SMILES string of the molecule is COc1ccc(N2C(=O)C(=O)N(CC(=O)N(C)Cc3ccccc3C)C2=O)cc1. The van der Waals surface area contributed by atoms with Crippen molar-refractivity contribution in [2.45, 2.75) is 13.5 Å². The summed E-state index contributed by atoms with van der Waals surface area (Å²) in [4.78, 5) is 52.7. The number of anilines is 1. The quantitative estimate of drug-likeness (QED) is 0.551. The van der Waals surface area contributed by atoms with E-state index >= 15 is 0 Å². The number of hydrogen-bond acceptors (Lipinski definition) is 5. The van der Waals surface area contributed by atoms with E-state index in [1.807, 2.05) is 31.2 Å². The molecule has 1 heterocycles. The summed E-state index contributed by atoms with van der Waals surface area (Å²) in [5.41, 5.74) is 2.22. The Morgan fingerprint density at radius 3 is 2.28 bits per heavy atom. The van der Waals surface area contributed by atoms with Gasteiger partial charge in [0.1, 0.15) is 12.3 Å². The molecule has 0 atom stereocenters. The number of aryl methyl sites for hydroxylation is 1. The van der Waals surface area contributed by atoms with Crippen molar-refractivity contribution in [1.82, 2.24) is 9.80 Å². The standard InChI is InChI=1S/C21H21N3O5/c1-14-6-4-5-7-15(14)12-22(2)18(25)13-23-19(26)20(27)24(21(23)28)16-8-10-17(29-3)11-9-16/h4-11H,12-13H2,1-3H3. The molecule has 8 heteroatoms. The van der Waals surface area contributed by atoms with Crippen LogP contribution in [0.5, 0.6) is 5.75 Å². The smallest absolute Gasteiger partial charge is 0.339 e. The molecule has 0 unspecified atom stereocenters. The van der Waals surface area contributed by atoms with E-state index in [1.165, 1.54) is 24.1 Å². The van der Waals surface area contributed by atoms with Gasteiger partial charge in [-0.1, -0.05) is 24.3 Å². The van der Waals surface area contributed by atoms with Crippen molar-refractivity contribution in [3.05, 3.63) is 59.7 Å². The zero-order chi connectivity index (χ0) is 21.1. The normalized spacial score (nSPS) is 13.8. The molecule has 2 aromatic carbocycles. The molecule has 0 spiro atoms. The zero-order valence-corrected chi connectivity index (χ0v) is 16.4. The van der Waals surface area contributed by atoms with Crippen molar-refractivity contribution < 1.29 is 23.9 Å². The molecule has 1 saturated heterocycles. The molecule has 0 aliphatic carbocycles. The van der Waals surface area contributed by atoms with Crippen molar-refractivity contribution in [2.24, 2.45) is 0 Å². The fraction of sp³-hybridized carbons (Fsp3) is 0.238. The van der Waals surface area contributed by atoms with E-state index in [-0.39, 0.29) is 5.69 Å². The number of imide groups is 2. The van der Waals surface area contributed by atoms with Crippen molar-refractivity contribution in [1.29, 1.82) is 0 Å². The lowest BCUT2D eigenvalue weighted by atomic mass is 10.1. The number of rotatable bonds is 6. The third kappa shape index (κ3) is 3.96. The van der Waals surface area contributed by atoms with Gasteiger partial charge in [0, 0.05) is 13.6 Å². The Kier molecular flexibility index (Phi) is 5.63. The predicted molar refractivity (Wildman–Crippen MR) is 105 cm³/mol.